The average Bonchev–Trinajstić information content (AvgIpc) is 3.07. The normalized spacial score (nSPS) is 10.6. The summed E-state index contributed by atoms with van der Waals surface area (Å²) < 4.78 is 15.1. The molecule has 0 aromatic carbocycles. The first-order chi connectivity index (χ1) is 10.6. The van der Waals surface area contributed by atoms with Gasteiger partial charge in [0.2, 0.25) is 5.13 Å². The Bertz CT molecular complexity index is 777. The molecule has 0 saturated carbocycles. The van der Waals surface area contributed by atoms with Crippen LogP contribution in [0.4, 0.5) is 9.52 Å². The molecule has 3 aromatic heterocycles. The van der Waals surface area contributed by atoms with E-state index in [-0.39, 0.29) is 21.9 Å². The number of pyridine rings is 1. The highest BCUT2D eigenvalue weighted by molar-refractivity contribution is 7.14. The summed E-state index contributed by atoms with van der Waals surface area (Å²) in [5.41, 5.74) is 1.81. The topological polar surface area (TPSA) is 59.8 Å². The first-order valence-electron chi connectivity index (χ1n) is 6.62. The number of aromatic nitrogens is 3. The quantitative estimate of drug-likeness (QED) is 0.804. The lowest BCUT2D eigenvalue weighted by molar-refractivity contribution is 0.101. The summed E-state index contributed by atoms with van der Waals surface area (Å²) in [6, 6.07) is 7.29. The van der Waals surface area contributed by atoms with Gasteiger partial charge in [-0.1, -0.05) is 11.3 Å². The fourth-order valence-electron chi connectivity index (χ4n) is 2.04. The Morgan fingerprint density at radius 3 is 2.82 bits per heavy atom. The highest BCUT2D eigenvalue weighted by atomic mass is 32.1. The van der Waals surface area contributed by atoms with Crippen LogP contribution in [0.1, 0.15) is 21.7 Å². The van der Waals surface area contributed by atoms with Crippen LogP contribution in [0.25, 0.3) is 0 Å². The summed E-state index contributed by atoms with van der Waals surface area (Å²) in [5, 5.41) is 2.50. The second-order valence-electron chi connectivity index (χ2n) is 4.71. The molecule has 0 aliphatic carbocycles. The van der Waals surface area contributed by atoms with Crippen molar-refractivity contribution >= 4 is 22.4 Å². The van der Waals surface area contributed by atoms with Gasteiger partial charge in [-0.05, 0) is 36.8 Å². The van der Waals surface area contributed by atoms with Gasteiger partial charge in [-0.3, -0.25) is 15.1 Å². The van der Waals surface area contributed by atoms with Crippen LogP contribution in [0.5, 0.6) is 0 Å². The molecular weight excluding hydrogens is 303 g/mol. The lowest BCUT2D eigenvalue weighted by Gasteiger charge is -2.08. The summed E-state index contributed by atoms with van der Waals surface area (Å²) in [4.78, 5) is 20.2. The fourth-order valence-corrected chi connectivity index (χ4v) is 2.72. The van der Waals surface area contributed by atoms with E-state index < -0.39 is 0 Å². The molecular formula is C15H13FN4OS. The van der Waals surface area contributed by atoms with Crippen LogP contribution in [0.15, 0.2) is 42.9 Å². The van der Waals surface area contributed by atoms with Gasteiger partial charge in [-0.15, -0.1) is 0 Å². The monoisotopic (exact) mass is 316 g/mol. The first-order valence-corrected chi connectivity index (χ1v) is 7.43. The van der Waals surface area contributed by atoms with Gasteiger partial charge in [-0.2, -0.15) is 4.39 Å². The summed E-state index contributed by atoms with van der Waals surface area (Å²) in [5.74, 6) is -0.312. The van der Waals surface area contributed by atoms with Gasteiger partial charge in [-0.25, -0.2) is 4.98 Å². The van der Waals surface area contributed by atoms with E-state index in [0.29, 0.717) is 12.2 Å². The molecule has 22 heavy (non-hydrogen) atoms. The molecule has 1 N–H and O–H groups in total. The minimum absolute atomic E-state index is 0.261. The van der Waals surface area contributed by atoms with Crippen LogP contribution < -0.4 is 5.32 Å². The van der Waals surface area contributed by atoms with Crippen molar-refractivity contribution in [3.05, 3.63) is 64.9 Å². The summed E-state index contributed by atoms with van der Waals surface area (Å²) in [7, 11) is 0. The van der Waals surface area contributed by atoms with Crippen LogP contribution in [-0.4, -0.2) is 20.4 Å². The minimum atomic E-state index is -0.387. The smallest absolute Gasteiger partial charge is 0.274 e. The van der Waals surface area contributed by atoms with Crippen LogP contribution in [0.3, 0.4) is 0 Å². The van der Waals surface area contributed by atoms with Gasteiger partial charge in [0.15, 0.2) is 5.13 Å². The number of rotatable bonds is 4. The van der Waals surface area contributed by atoms with E-state index >= 15 is 0 Å². The number of halogens is 1. The lowest BCUT2D eigenvalue weighted by atomic mass is 10.2. The van der Waals surface area contributed by atoms with E-state index in [1.54, 1.807) is 31.5 Å². The van der Waals surface area contributed by atoms with Gasteiger partial charge >= 0.3 is 0 Å². The predicted octanol–water partition coefficient (Wildman–Crippen LogP) is 3.09. The first kappa shape index (κ1) is 14.4. The van der Waals surface area contributed by atoms with Crippen molar-refractivity contribution in [2.24, 2.45) is 0 Å². The van der Waals surface area contributed by atoms with E-state index in [1.165, 1.54) is 0 Å². The predicted molar refractivity (Wildman–Crippen MR) is 82.5 cm³/mol. The number of carbonyl (C=O) groups is 1. The number of anilines is 1. The molecule has 0 radical (unpaired) electrons. The Morgan fingerprint density at radius 2 is 2.14 bits per heavy atom. The van der Waals surface area contributed by atoms with E-state index in [1.807, 2.05) is 22.9 Å². The highest BCUT2D eigenvalue weighted by Gasteiger charge is 2.14. The maximum absolute atomic E-state index is 13.3. The van der Waals surface area contributed by atoms with Crippen LogP contribution in [0.2, 0.25) is 0 Å². The van der Waals surface area contributed by atoms with Crippen LogP contribution >= 0.6 is 11.3 Å². The molecule has 0 aliphatic heterocycles. The number of carbonyl (C=O) groups excluding carboxylic acids is 1. The molecule has 112 valence electrons. The molecule has 0 unspecified atom stereocenters. The van der Waals surface area contributed by atoms with Gasteiger partial charge < -0.3 is 4.57 Å². The highest BCUT2D eigenvalue weighted by Crippen LogP contribution is 2.21. The fraction of sp³-hybridized carbons (Fsp3) is 0.133. The van der Waals surface area contributed by atoms with Gasteiger partial charge in [0, 0.05) is 25.1 Å². The molecule has 0 spiro atoms. The maximum Gasteiger partial charge on any atom is 0.274 e. The second-order valence-corrected chi connectivity index (χ2v) is 5.66. The molecule has 0 aliphatic rings. The number of aryl methyl sites for hydroxylation is 1. The largest absolute Gasteiger partial charge is 0.339 e. The van der Waals surface area contributed by atoms with Crippen molar-refractivity contribution in [2.45, 2.75) is 13.5 Å². The Morgan fingerprint density at radius 1 is 1.36 bits per heavy atom. The van der Waals surface area contributed by atoms with E-state index in [0.717, 1.165) is 16.9 Å². The molecule has 0 atom stereocenters. The SMILES string of the molecule is Cc1nc(NC(=O)c2cccn2Cc2ccncc2)sc1F. The molecule has 1 amide bonds. The van der Waals surface area contributed by atoms with Crippen molar-refractivity contribution < 1.29 is 9.18 Å². The standard InChI is InChI=1S/C15H13FN4OS/c1-10-13(16)22-15(18-10)19-14(21)12-3-2-8-20(12)9-11-4-6-17-7-5-11/h2-8H,9H2,1H3,(H,18,19,21). The average molecular weight is 316 g/mol. The van der Waals surface area contributed by atoms with Crippen molar-refractivity contribution in [1.29, 1.82) is 0 Å². The molecule has 0 bridgehead atoms. The summed E-state index contributed by atoms with van der Waals surface area (Å²) in [6.45, 7) is 2.12. The molecule has 3 aromatic rings. The zero-order valence-corrected chi connectivity index (χ0v) is 12.6. The van der Waals surface area contributed by atoms with Crippen molar-refractivity contribution in [3.8, 4) is 0 Å². The Balaban J connectivity index is 1.77. The van der Waals surface area contributed by atoms with Gasteiger partial charge in [0.05, 0.1) is 5.69 Å². The van der Waals surface area contributed by atoms with E-state index in [4.69, 9.17) is 0 Å². The number of nitrogens with one attached hydrogen (secondary N) is 1. The lowest BCUT2D eigenvalue weighted by Crippen LogP contribution is -2.17. The van der Waals surface area contributed by atoms with E-state index in [9.17, 15) is 9.18 Å². The number of hydrogen-bond acceptors (Lipinski definition) is 4. The second kappa shape index (κ2) is 6.07. The Labute approximate surface area is 130 Å². The molecule has 0 fully saturated rings. The third-order valence-corrected chi connectivity index (χ3v) is 3.99. The summed E-state index contributed by atoms with van der Waals surface area (Å²) >= 11 is 0.823. The third kappa shape index (κ3) is 3.04. The van der Waals surface area contributed by atoms with Crippen LogP contribution in [-0.2, 0) is 6.54 Å². The third-order valence-electron chi connectivity index (χ3n) is 3.12. The molecule has 0 saturated heterocycles. The molecule has 3 heterocycles. The van der Waals surface area contributed by atoms with E-state index in [2.05, 4.69) is 15.3 Å². The zero-order chi connectivity index (χ0) is 15.5. The molecule has 5 nitrogen and oxygen atoms in total. The maximum atomic E-state index is 13.3. The number of hydrogen-bond donors (Lipinski definition) is 1. The number of amides is 1. The number of nitrogens with zero attached hydrogens (tertiary/aromatic N) is 3. The van der Waals surface area contributed by atoms with Crippen molar-refractivity contribution in [3.63, 3.8) is 0 Å². The Kier molecular flexibility index (Phi) is 3.97. The van der Waals surface area contributed by atoms with Crippen LogP contribution in [0, 0.1) is 12.1 Å². The van der Waals surface area contributed by atoms with Gasteiger partial charge in [0.1, 0.15) is 5.69 Å². The molecule has 7 heteroatoms. The van der Waals surface area contributed by atoms with Gasteiger partial charge in [0.25, 0.3) is 5.91 Å². The minimum Gasteiger partial charge on any atom is -0.339 e. The Hall–Kier alpha value is -2.54. The summed E-state index contributed by atoms with van der Waals surface area (Å²) in [6.07, 6.45) is 5.24. The zero-order valence-electron chi connectivity index (χ0n) is 11.8. The van der Waals surface area contributed by atoms with Crippen molar-refractivity contribution in [1.82, 2.24) is 14.5 Å². The number of thiazole rings is 1. The molecule has 3 rings (SSSR count). The van der Waals surface area contributed by atoms with Crippen molar-refractivity contribution in [2.75, 3.05) is 5.32 Å².